The number of nitro benzene ring substituents is 1. The van der Waals surface area contributed by atoms with Crippen molar-refractivity contribution in [1.82, 2.24) is 4.90 Å². The smallest absolute Gasteiger partial charge is 0.292 e. The quantitative estimate of drug-likeness (QED) is 0.550. The van der Waals surface area contributed by atoms with Crippen LogP contribution in [0.25, 0.3) is 0 Å². The van der Waals surface area contributed by atoms with E-state index in [1.165, 1.54) is 6.07 Å². The molecule has 2 aromatic carbocycles. The van der Waals surface area contributed by atoms with Gasteiger partial charge in [-0.1, -0.05) is 41.4 Å². The van der Waals surface area contributed by atoms with Crippen molar-refractivity contribution < 1.29 is 9.72 Å². The molecule has 27 heavy (non-hydrogen) atoms. The van der Waals surface area contributed by atoms with Crippen LogP contribution < -0.4 is 4.90 Å². The third-order valence-electron chi connectivity index (χ3n) is 4.67. The van der Waals surface area contributed by atoms with Crippen LogP contribution in [-0.2, 0) is 11.2 Å². The van der Waals surface area contributed by atoms with Gasteiger partial charge in [0.1, 0.15) is 5.69 Å². The summed E-state index contributed by atoms with van der Waals surface area (Å²) in [5, 5.41) is 12.3. The number of hydrogen-bond acceptors (Lipinski definition) is 4. The van der Waals surface area contributed by atoms with Crippen LogP contribution >= 0.6 is 23.2 Å². The van der Waals surface area contributed by atoms with Gasteiger partial charge in [0.25, 0.3) is 5.69 Å². The molecule has 0 radical (unpaired) electrons. The van der Waals surface area contributed by atoms with Crippen molar-refractivity contribution in [2.45, 2.75) is 12.8 Å². The second-order valence-corrected chi connectivity index (χ2v) is 7.19. The van der Waals surface area contributed by atoms with Crippen LogP contribution in [0.5, 0.6) is 0 Å². The zero-order chi connectivity index (χ0) is 19.4. The third-order valence-corrected chi connectivity index (χ3v) is 5.26. The first-order chi connectivity index (χ1) is 13.0. The minimum Gasteiger partial charge on any atom is -0.362 e. The number of para-hydroxylation sites is 2. The molecule has 0 atom stereocenters. The van der Waals surface area contributed by atoms with Crippen LogP contribution in [0.4, 0.5) is 11.4 Å². The van der Waals surface area contributed by atoms with Crippen LogP contribution in [0.3, 0.4) is 0 Å². The van der Waals surface area contributed by atoms with Crippen molar-refractivity contribution in [3.63, 3.8) is 0 Å². The van der Waals surface area contributed by atoms with Gasteiger partial charge in [0.2, 0.25) is 5.91 Å². The molecule has 1 fully saturated rings. The molecule has 0 aliphatic carbocycles. The molecule has 0 saturated carbocycles. The summed E-state index contributed by atoms with van der Waals surface area (Å²) in [6.07, 6.45) is 0.923. The highest BCUT2D eigenvalue weighted by atomic mass is 35.5. The lowest BCUT2D eigenvalue weighted by Gasteiger charge is -2.35. The molecule has 1 amide bonds. The summed E-state index contributed by atoms with van der Waals surface area (Å²) in [5.74, 6) is 0.0585. The molecular weight excluding hydrogens is 389 g/mol. The molecule has 1 saturated heterocycles. The number of rotatable bonds is 5. The molecule has 0 spiro atoms. The van der Waals surface area contributed by atoms with Crippen LogP contribution in [0, 0.1) is 10.1 Å². The average Bonchev–Trinajstić information content (AvgIpc) is 2.67. The first-order valence-corrected chi connectivity index (χ1v) is 9.41. The molecule has 142 valence electrons. The predicted octanol–water partition coefficient (Wildman–Crippen LogP) is 4.18. The lowest BCUT2D eigenvalue weighted by atomic mass is 10.1. The Kier molecular flexibility index (Phi) is 6.19. The number of halogens is 2. The van der Waals surface area contributed by atoms with E-state index < -0.39 is 0 Å². The number of benzene rings is 2. The number of nitrogens with zero attached hydrogens (tertiary/aromatic N) is 3. The Hall–Kier alpha value is -2.31. The number of carbonyl (C=O) groups is 1. The number of anilines is 1. The molecule has 0 aromatic heterocycles. The highest BCUT2D eigenvalue weighted by molar-refractivity contribution is 6.35. The molecule has 3 rings (SSSR count). The normalized spacial score (nSPS) is 14.3. The number of amides is 1. The summed E-state index contributed by atoms with van der Waals surface area (Å²) in [6.45, 7) is 2.22. The van der Waals surface area contributed by atoms with Crippen LogP contribution in [0.2, 0.25) is 10.0 Å². The van der Waals surface area contributed by atoms with Crippen LogP contribution in [-0.4, -0.2) is 41.9 Å². The van der Waals surface area contributed by atoms with Gasteiger partial charge in [0.15, 0.2) is 0 Å². The van der Waals surface area contributed by atoms with Gasteiger partial charge in [0, 0.05) is 48.7 Å². The fraction of sp³-hybridized carbons (Fsp3) is 0.316. The highest BCUT2D eigenvalue weighted by Crippen LogP contribution is 2.28. The molecular formula is C19H19Cl2N3O3. The third kappa shape index (κ3) is 4.70. The minimum absolute atomic E-state index is 0.0585. The molecule has 6 nitrogen and oxygen atoms in total. The van der Waals surface area contributed by atoms with Crippen molar-refractivity contribution in [2.75, 3.05) is 31.1 Å². The summed E-state index contributed by atoms with van der Waals surface area (Å²) < 4.78 is 0. The second-order valence-electron chi connectivity index (χ2n) is 6.35. The summed E-state index contributed by atoms with van der Waals surface area (Å²) in [5.41, 5.74) is 1.59. The Bertz CT molecular complexity index is 852. The van der Waals surface area contributed by atoms with Crippen molar-refractivity contribution in [2.24, 2.45) is 0 Å². The fourth-order valence-electron chi connectivity index (χ4n) is 3.21. The maximum Gasteiger partial charge on any atom is 0.292 e. The van der Waals surface area contributed by atoms with E-state index in [1.54, 1.807) is 35.2 Å². The molecule has 1 aliphatic heterocycles. The van der Waals surface area contributed by atoms with Crippen LogP contribution in [0.15, 0.2) is 42.5 Å². The molecule has 1 aliphatic rings. The van der Waals surface area contributed by atoms with Crippen molar-refractivity contribution >= 4 is 40.5 Å². The van der Waals surface area contributed by atoms with E-state index in [0.717, 1.165) is 5.56 Å². The van der Waals surface area contributed by atoms with Crippen molar-refractivity contribution in [3.8, 4) is 0 Å². The Morgan fingerprint density at radius 2 is 1.78 bits per heavy atom. The van der Waals surface area contributed by atoms with E-state index in [4.69, 9.17) is 23.2 Å². The zero-order valence-electron chi connectivity index (χ0n) is 14.6. The lowest BCUT2D eigenvalue weighted by molar-refractivity contribution is -0.384. The SMILES string of the molecule is O=C(CCc1ccc(Cl)cc1Cl)N1CCN(c2ccccc2[N+](=O)[O-])CC1. The Morgan fingerprint density at radius 1 is 1.07 bits per heavy atom. The van der Waals surface area contributed by atoms with Gasteiger partial charge < -0.3 is 9.80 Å². The van der Waals surface area contributed by atoms with E-state index in [-0.39, 0.29) is 16.5 Å². The second kappa shape index (κ2) is 8.59. The first-order valence-electron chi connectivity index (χ1n) is 8.66. The van der Waals surface area contributed by atoms with Crippen molar-refractivity contribution in [3.05, 3.63) is 68.2 Å². The van der Waals surface area contributed by atoms with E-state index in [2.05, 4.69) is 0 Å². The summed E-state index contributed by atoms with van der Waals surface area (Å²) >= 11 is 12.0. The summed E-state index contributed by atoms with van der Waals surface area (Å²) in [4.78, 5) is 27.1. The average molecular weight is 408 g/mol. The number of nitro groups is 1. The van der Waals surface area contributed by atoms with E-state index in [9.17, 15) is 14.9 Å². The van der Waals surface area contributed by atoms with Gasteiger partial charge in [-0.15, -0.1) is 0 Å². The van der Waals surface area contributed by atoms with Gasteiger partial charge in [-0.3, -0.25) is 14.9 Å². The minimum atomic E-state index is -0.372. The Balaban J connectivity index is 1.56. The summed E-state index contributed by atoms with van der Waals surface area (Å²) in [7, 11) is 0. The maximum absolute atomic E-state index is 12.5. The molecule has 8 heteroatoms. The zero-order valence-corrected chi connectivity index (χ0v) is 16.1. The van der Waals surface area contributed by atoms with Crippen LogP contribution in [0.1, 0.15) is 12.0 Å². The van der Waals surface area contributed by atoms with E-state index >= 15 is 0 Å². The number of aryl methyl sites for hydroxylation is 1. The Labute approximate surface area is 167 Å². The molecule has 1 heterocycles. The first kappa shape index (κ1) is 19.5. The van der Waals surface area contributed by atoms with Gasteiger partial charge in [-0.05, 0) is 30.2 Å². The number of hydrogen-bond donors (Lipinski definition) is 0. The van der Waals surface area contributed by atoms with E-state index in [0.29, 0.717) is 54.8 Å². The van der Waals surface area contributed by atoms with Crippen molar-refractivity contribution in [1.29, 1.82) is 0 Å². The number of carbonyl (C=O) groups excluding carboxylic acids is 1. The topological polar surface area (TPSA) is 66.7 Å². The standard InChI is InChI=1S/C19H19Cl2N3O3/c20-15-7-5-14(16(21)13-15)6-8-19(25)23-11-9-22(10-12-23)17-3-1-2-4-18(17)24(26)27/h1-5,7,13H,6,8-12H2. The Morgan fingerprint density at radius 3 is 2.44 bits per heavy atom. The van der Waals surface area contributed by atoms with Gasteiger partial charge >= 0.3 is 0 Å². The fourth-order valence-corrected chi connectivity index (χ4v) is 3.71. The lowest BCUT2D eigenvalue weighted by Crippen LogP contribution is -2.49. The summed E-state index contributed by atoms with van der Waals surface area (Å²) in [6, 6.07) is 12.0. The molecule has 2 aromatic rings. The monoisotopic (exact) mass is 407 g/mol. The molecule has 0 N–H and O–H groups in total. The maximum atomic E-state index is 12.5. The van der Waals surface area contributed by atoms with Gasteiger partial charge in [-0.25, -0.2) is 0 Å². The highest BCUT2D eigenvalue weighted by Gasteiger charge is 2.25. The van der Waals surface area contributed by atoms with Gasteiger partial charge in [0.05, 0.1) is 4.92 Å². The predicted molar refractivity (Wildman–Crippen MR) is 107 cm³/mol. The molecule has 0 unspecified atom stereocenters. The van der Waals surface area contributed by atoms with Gasteiger partial charge in [-0.2, -0.15) is 0 Å². The molecule has 0 bridgehead atoms. The van der Waals surface area contributed by atoms with E-state index in [1.807, 2.05) is 11.0 Å². The number of piperazine rings is 1. The largest absolute Gasteiger partial charge is 0.362 e.